The third kappa shape index (κ3) is 4.48. The summed E-state index contributed by atoms with van der Waals surface area (Å²) in [5, 5.41) is 2.86. The number of rotatable bonds is 4. The van der Waals surface area contributed by atoms with E-state index in [1.165, 1.54) is 0 Å². The molecule has 4 rings (SSSR count). The van der Waals surface area contributed by atoms with Crippen LogP contribution in [-0.4, -0.2) is 55.5 Å². The van der Waals surface area contributed by atoms with E-state index in [0.29, 0.717) is 69.1 Å². The van der Waals surface area contributed by atoms with Gasteiger partial charge in [0.25, 0.3) is 5.91 Å². The number of piperidine rings is 1. The molecule has 0 bridgehead atoms. The van der Waals surface area contributed by atoms with Crippen molar-refractivity contribution in [3.63, 3.8) is 0 Å². The molecule has 0 aromatic carbocycles. The Labute approximate surface area is 169 Å². The van der Waals surface area contributed by atoms with Crippen molar-refractivity contribution in [2.75, 3.05) is 43.6 Å². The molecule has 7 nitrogen and oxygen atoms in total. The number of hydrogen-bond donors (Lipinski definition) is 1. The van der Waals surface area contributed by atoms with Crippen molar-refractivity contribution >= 4 is 17.5 Å². The first-order chi connectivity index (χ1) is 14.1. The molecule has 2 aromatic rings. The number of carbonyl (C=O) groups excluding carboxylic acids is 1. The van der Waals surface area contributed by atoms with Gasteiger partial charge in [0.05, 0.1) is 26.5 Å². The Hall–Kier alpha value is -2.74. The van der Waals surface area contributed by atoms with Gasteiger partial charge >= 0.3 is 0 Å². The highest BCUT2D eigenvalue weighted by Crippen LogP contribution is 2.27. The maximum Gasteiger partial charge on any atom is 0.257 e. The minimum atomic E-state index is -0.760. The number of carbonyl (C=O) groups is 1. The largest absolute Gasteiger partial charge is 0.495 e. The third-order valence-corrected chi connectivity index (χ3v) is 5.38. The summed E-state index contributed by atoms with van der Waals surface area (Å²) in [6, 6.07) is 5.27. The zero-order valence-corrected chi connectivity index (χ0v) is 16.5. The highest BCUT2D eigenvalue weighted by atomic mass is 19.1. The number of alkyl halides is 1. The lowest BCUT2D eigenvalue weighted by Crippen LogP contribution is -2.35. The fourth-order valence-electron chi connectivity index (χ4n) is 3.74. The van der Waals surface area contributed by atoms with Crippen LogP contribution in [0.4, 0.5) is 16.0 Å². The Bertz CT molecular complexity index is 867. The van der Waals surface area contributed by atoms with Crippen molar-refractivity contribution in [2.45, 2.75) is 31.9 Å². The molecule has 1 saturated heterocycles. The summed E-state index contributed by atoms with van der Waals surface area (Å²) in [5.41, 5.74) is 2.38. The molecule has 29 heavy (non-hydrogen) atoms. The summed E-state index contributed by atoms with van der Waals surface area (Å²) in [6.07, 6.45) is 3.06. The standard InChI is InChI=1S/C21H25FN4O3/c1-28-15-2-3-19(23-13-15)25-21(27)17-12-20(26-8-4-14(22)5-9-26)24-18-7-11-29-10-6-16(17)18/h2-3,12-14H,4-11H2,1H3,(H,23,25,27). The first-order valence-corrected chi connectivity index (χ1v) is 9.95. The third-order valence-electron chi connectivity index (χ3n) is 5.38. The van der Waals surface area contributed by atoms with Gasteiger partial charge in [-0.25, -0.2) is 14.4 Å². The SMILES string of the molecule is COc1ccc(NC(=O)c2cc(N3CCC(F)CC3)nc3c2CCOCC3)nc1. The van der Waals surface area contributed by atoms with Gasteiger partial charge in [-0.1, -0.05) is 0 Å². The van der Waals surface area contributed by atoms with Crippen LogP contribution in [0.15, 0.2) is 24.4 Å². The number of methoxy groups -OCH3 is 1. The number of aromatic nitrogens is 2. The van der Waals surface area contributed by atoms with Crippen LogP contribution in [-0.2, 0) is 17.6 Å². The average molecular weight is 400 g/mol. The maximum atomic E-state index is 13.6. The summed E-state index contributed by atoms with van der Waals surface area (Å²) in [4.78, 5) is 24.2. The van der Waals surface area contributed by atoms with Crippen LogP contribution in [0.1, 0.15) is 34.5 Å². The predicted molar refractivity (Wildman–Crippen MR) is 108 cm³/mol. The van der Waals surface area contributed by atoms with E-state index < -0.39 is 6.17 Å². The van der Waals surface area contributed by atoms with Gasteiger partial charge in [-0.15, -0.1) is 0 Å². The zero-order valence-electron chi connectivity index (χ0n) is 16.5. The van der Waals surface area contributed by atoms with Gasteiger partial charge in [-0.05, 0) is 43.0 Å². The van der Waals surface area contributed by atoms with Crippen molar-refractivity contribution in [3.05, 3.63) is 41.2 Å². The van der Waals surface area contributed by atoms with Gasteiger partial charge < -0.3 is 19.7 Å². The first kappa shape index (κ1) is 19.6. The van der Waals surface area contributed by atoms with Gasteiger partial charge in [-0.2, -0.15) is 0 Å². The number of ether oxygens (including phenoxy) is 2. The fraction of sp³-hybridized carbons (Fsp3) is 0.476. The van der Waals surface area contributed by atoms with Gasteiger partial charge in [0, 0.05) is 30.8 Å². The Morgan fingerprint density at radius 1 is 1.28 bits per heavy atom. The molecule has 0 radical (unpaired) electrons. The summed E-state index contributed by atoms with van der Waals surface area (Å²) < 4.78 is 24.3. The van der Waals surface area contributed by atoms with Crippen LogP contribution in [0.25, 0.3) is 0 Å². The molecular formula is C21H25FN4O3. The Morgan fingerprint density at radius 3 is 2.79 bits per heavy atom. The van der Waals surface area contributed by atoms with Gasteiger partial charge in [0.1, 0.15) is 23.6 Å². The zero-order chi connectivity index (χ0) is 20.2. The molecule has 0 atom stereocenters. The number of fused-ring (bicyclic) bond motifs is 1. The molecule has 2 aliphatic rings. The van der Waals surface area contributed by atoms with Crippen molar-refractivity contribution in [2.24, 2.45) is 0 Å². The van der Waals surface area contributed by atoms with E-state index >= 15 is 0 Å². The monoisotopic (exact) mass is 400 g/mol. The summed E-state index contributed by atoms with van der Waals surface area (Å²) >= 11 is 0. The fourth-order valence-corrected chi connectivity index (χ4v) is 3.74. The van der Waals surface area contributed by atoms with E-state index in [4.69, 9.17) is 14.5 Å². The van der Waals surface area contributed by atoms with Crippen LogP contribution < -0.4 is 15.0 Å². The number of hydrogen-bond acceptors (Lipinski definition) is 6. The molecule has 0 unspecified atom stereocenters. The van der Waals surface area contributed by atoms with E-state index in [0.717, 1.165) is 17.1 Å². The quantitative estimate of drug-likeness (QED) is 0.851. The number of nitrogens with one attached hydrogen (secondary N) is 1. The molecule has 0 aliphatic carbocycles. The molecule has 4 heterocycles. The Balaban J connectivity index is 1.64. The topological polar surface area (TPSA) is 76.6 Å². The van der Waals surface area contributed by atoms with Crippen LogP contribution in [0.2, 0.25) is 0 Å². The molecular weight excluding hydrogens is 375 g/mol. The molecule has 2 aliphatic heterocycles. The second-order valence-electron chi connectivity index (χ2n) is 7.26. The van der Waals surface area contributed by atoms with Crippen molar-refractivity contribution in [1.82, 2.24) is 9.97 Å². The minimum absolute atomic E-state index is 0.232. The highest BCUT2D eigenvalue weighted by molar-refractivity contribution is 6.05. The number of halogens is 1. The van der Waals surface area contributed by atoms with Crippen LogP contribution in [0.3, 0.4) is 0 Å². The van der Waals surface area contributed by atoms with Gasteiger partial charge in [0.2, 0.25) is 0 Å². The molecule has 1 amide bonds. The molecule has 0 saturated carbocycles. The first-order valence-electron chi connectivity index (χ1n) is 9.95. The molecule has 2 aromatic heterocycles. The molecule has 8 heteroatoms. The number of pyridine rings is 2. The van der Waals surface area contributed by atoms with Crippen molar-refractivity contribution in [3.8, 4) is 5.75 Å². The molecule has 154 valence electrons. The lowest BCUT2D eigenvalue weighted by molar-refractivity contribution is 0.102. The number of nitrogens with zero attached hydrogens (tertiary/aromatic N) is 3. The van der Waals surface area contributed by atoms with E-state index in [9.17, 15) is 9.18 Å². The molecule has 1 N–H and O–H groups in total. The maximum absolute atomic E-state index is 13.6. The lowest BCUT2D eigenvalue weighted by atomic mass is 10.0. The predicted octanol–water partition coefficient (Wildman–Crippen LogP) is 2.79. The summed E-state index contributed by atoms with van der Waals surface area (Å²) in [7, 11) is 1.57. The summed E-state index contributed by atoms with van der Waals surface area (Å²) in [6.45, 7) is 2.34. The van der Waals surface area contributed by atoms with E-state index in [2.05, 4.69) is 15.2 Å². The van der Waals surface area contributed by atoms with Crippen LogP contribution >= 0.6 is 0 Å². The second kappa shape index (κ2) is 8.73. The number of anilines is 2. The van der Waals surface area contributed by atoms with E-state index in [1.807, 2.05) is 6.07 Å². The summed E-state index contributed by atoms with van der Waals surface area (Å²) in [5.74, 6) is 1.57. The van der Waals surface area contributed by atoms with Crippen molar-refractivity contribution in [1.29, 1.82) is 0 Å². The van der Waals surface area contributed by atoms with Gasteiger partial charge in [0.15, 0.2) is 0 Å². The smallest absolute Gasteiger partial charge is 0.257 e. The molecule has 0 spiro atoms. The molecule has 1 fully saturated rings. The minimum Gasteiger partial charge on any atom is -0.495 e. The van der Waals surface area contributed by atoms with Crippen LogP contribution in [0.5, 0.6) is 5.75 Å². The van der Waals surface area contributed by atoms with Crippen molar-refractivity contribution < 1.29 is 18.7 Å². The lowest BCUT2D eigenvalue weighted by Gasteiger charge is -2.30. The van der Waals surface area contributed by atoms with Gasteiger partial charge in [-0.3, -0.25) is 4.79 Å². The van der Waals surface area contributed by atoms with E-state index in [1.54, 1.807) is 25.4 Å². The van der Waals surface area contributed by atoms with E-state index in [-0.39, 0.29) is 5.91 Å². The Kier molecular flexibility index (Phi) is 5.89. The number of amides is 1. The second-order valence-corrected chi connectivity index (χ2v) is 7.26. The van der Waals surface area contributed by atoms with Crippen LogP contribution in [0, 0.1) is 0 Å². The highest BCUT2D eigenvalue weighted by Gasteiger charge is 2.25. The average Bonchev–Trinajstić information content (AvgIpc) is 2.99. The Morgan fingerprint density at radius 2 is 2.07 bits per heavy atom. The normalized spacial score (nSPS) is 17.4.